The molecular formula is C14H14F2N2O. The van der Waals surface area contributed by atoms with Gasteiger partial charge in [-0.25, -0.2) is 8.78 Å². The third kappa shape index (κ3) is 3.06. The van der Waals surface area contributed by atoms with Crippen LogP contribution in [0.4, 0.5) is 8.78 Å². The number of nitrogens with zero attached hydrogens (tertiary/aromatic N) is 1. The number of pyridine rings is 1. The first-order chi connectivity index (χ1) is 9.11. The highest BCUT2D eigenvalue weighted by molar-refractivity contribution is 5.34. The molecule has 100 valence electrons. The summed E-state index contributed by atoms with van der Waals surface area (Å²) in [4.78, 5) is 3.92. The van der Waals surface area contributed by atoms with Gasteiger partial charge in [0.1, 0.15) is 17.4 Å². The van der Waals surface area contributed by atoms with Gasteiger partial charge in [0.2, 0.25) is 0 Å². The maximum absolute atomic E-state index is 13.6. The first-order valence-corrected chi connectivity index (χ1v) is 5.79. The first-order valence-electron chi connectivity index (χ1n) is 5.79. The fourth-order valence-corrected chi connectivity index (χ4v) is 1.91. The zero-order valence-electron chi connectivity index (χ0n) is 10.4. The van der Waals surface area contributed by atoms with Crippen LogP contribution in [0.25, 0.3) is 0 Å². The van der Waals surface area contributed by atoms with Gasteiger partial charge in [-0.2, -0.15) is 0 Å². The van der Waals surface area contributed by atoms with E-state index in [-0.39, 0.29) is 12.0 Å². The van der Waals surface area contributed by atoms with Gasteiger partial charge in [0.25, 0.3) is 0 Å². The van der Waals surface area contributed by atoms with Gasteiger partial charge >= 0.3 is 0 Å². The van der Waals surface area contributed by atoms with Gasteiger partial charge < -0.3 is 10.5 Å². The number of nitrogens with two attached hydrogens (primary N) is 1. The van der Waals surface area contributed by atoms with E-state index in [2.05, 4.69) is 4.98 Å². The lowest BCUT2D eigenvalue weighted by Crippen LogP contribution is -2.15. The molecule has 0 fully saturated rings. The minimum atomic E-state index is -0.491. The maximum Gasteiger partial charge on any atom is 0.141 e. The van der Waals surface area contributed by atoms with Crippen molar-refractivity contribution in [3.63, 3.8) is 0 Å². The number of aromatic nitrogens is 1. The number of benzene rings is 1. The van der Waals surface area contributed by atoms with Crippen molar-refractivity contribution in [1.29, 1.82) is 0 Å². The summed E-state index contributed by atoms with van der Waals surface area (Å²) in [5.41, 5.74) is 6.98. The van der Waals surface area contributed by atoms with Gasteiger partial charge in [0, 0.05) is 17.8 Å². The molecule has 1 heterocycles. The SMILES string of the molecule is COc1cnccc1C(N)Cc1cc(F)ccc1F. The monoisotopic (exact) mass is 264 g/mol. The Hall–Kier alpha value is -2.01. The Bertz CT molecular complexity index is 575. The van der Waals surface area contributed by atoms with E-state index in [0.29, 0.717) is 11.3 Å². The molecule has 2 N–H and O–H groups in total. The Morgan fingerprint density at radius 3 is 2.84 bits per heavy atom. The molecule has 5 heteroatoms. The van der Waals surface area contributed by atoms with Crippen molar-refractivity contribution in [2.75, 3.05) is 7.11 Å². The van der Waals surface area contributed by atoms with Crippen molar-refractivity contribution in [3.8, 4) is 5.75 Å². The zero-order chi connectivity index (χ0) is 13.8. The van der Waals surface area contributed by atoms with E-state index in [9.17, 15) is 8.78 Å². The number of methoxy groups -OCH3 is 1. The van der Waals surface area contributed by atoms with Crippen molar-refractivity contribution in [2.45, 2.75) is 12.5 Å². The third-order valence-corrected chi connectivity index (χ3v) is 2.88. The van der Waals surface area contributed by atoms with E-state index in [1.165, 1.54) is 13.3 Å². The van der Waals surface area contributed by atoms with Crippen LogP contribution in [0.1, 0.15) is 17.2 Å². The van der Waals surface area contributed by atoms with Gasteiger partial charge in [-0.05, 0) is 36.2 Å². The standard InChI is InChI=1S/C14H14F2N2O/c1-19-14-8-18-5-4-11(14)13(17)7-9-6-10(15)2-3-12(9)16/h2-6,8,13H,7,17H2,1H3. The Morgan fingerprint density at radius 2 is 2.11 bits per heavy atom. The molecule has 1 aromatic carbocycles. The number of halogens is 2. The second-order valence-electron chi connectivity index (χ2n) is 4.16. The highest BCUT2D eigenvalue weighted by Crippen LogP contribution is 2.25. The van der Waals surface area contributed by atoms with Crippen LogP contribution in [0.15, 0.2) is 36.7 Å². The summed E-state index contributed by atoms with van der Waals surface area (Å²) in [7, 11) is 1.51. The normalized spacial score (nSPS) is 12.2. The molecule has 0 radical (unpaired) electrons. The number of hydrogen-bond acceptors (Lipinski definition) is 3. The van der Waals surface area contributed by atoms with Gasteiger partial charge in [0.15, 0.2) is 0 Å². The molecule has 1 atom stereocenters. The minimum absolute atomic E-state index is 0.184. The highest BCUT2D eigenvalue weighted by Gasteiger charge is 2.15. The molecule has 0 spiro atoms. The summed E-state index contributed by atoms with van der Waals surface area (Å²) in [6.45, 7) is 0. The number of ether oxygens (including phenoxy) is 1. The Balaban J connectivity index is 2.25. The summed E-state index contributed by atoms with van der Waals surface area (Å²) >= 11 is 0. The molecular weight excluding hydrogens is 250 g/mol. The van der Waals surface area contributed by atoms with Gasteiger partial charge in [-0.15, -0.1) is 0 Å². The van der Waals surface area contributed by atoms with Crippen molar-refractivity contribution >= 4 is 0 Å². The average Bonchev–Trinajstić information content (AvgIpc) is 2.42. The van der Waals surface area contributed by atoms with E-state index in [1.54, 1.807) is 12.3 Å². The highest BCUT2D eigenvalue weighted by atomic mass is 19.1. The third-order valence-electron chi connectivity index (χ3n) is 2.88. The summed E-state index contributed by atoms with van der Waals surface area (Å²) in [5.74, 6) is -0.415. The van der Waals surface area contributed by atoms with Crippen LogP contribution in [-0.4, -0.2) is 12.1 Å². The van der Waals surface area contributed by atoms with Crippen LogP contribution >= 0.6 is 0 Å². The Morgan fingerprint density at radius 1 is 1.32 bits per heavy atom. The second-order valence-corrected chi connectivity index (χ2v) is 4.16. The number of hydrogen-bond donors (Lipinski definition) is 1. The van der Waals surface area contributed by atoms with Crippen LogP contribution < -0.4 is 10.5 Å². The summed E-state index contributed by atoms with van der Waals surface area (Å²) in [5, 5.41) is 0. The molecule has 0 aliphatic rings. The van der Waals surface area contributed by atoms with Crippen LogP contribution in [-0.2, 0) is 6.42 Å². The minimum Gasteiger partial charge on any atom is -0.495 e. The van der Waals surface area contributed by atoms with E-state index < -0.39 is 17.7 Å². The molecule has 0 saturated carbocycles. The second kappa shape index (κ2) is 5.75. The lowest BCUT2D eigenvalue weighted by Gasteiger charge is -2.15. The predicted octanol–water partition coefficient (Wildman–Crippen LogP) is 2.61. The van der Waals surface area contributed by atoms with Crippen molar-refractivity contribution in [1.82, 2.24) is 4.98 Å². The topological polar surface area (TPSA) is 48.1 Å². The van der Waals surface area contributed by atoms with Crippen molar-refractivity contribution in [3.05, 3.63) is 59.4 Å². The molecule has 0 aliphatic heterocycles. The van der Waals surface area contributed by atoms with Crippen molar-refractivity contribution in [2.24, 2.45) is 5.73 Å². The zero-order valence-corrected chi connectivity index (χ0v) is 10.4. The number of rotatable bonds is 4. The lowest BCUT2D eigenvalue weighted by atomic mass is 9.99. The van der Waals surface area contributed by atoms with Gasteiger partial charge in [-0.3, -0.25) is 4.98 Å². The molecule has 0 bridgehead atoms. The van der Waals surface area contributed by atoms with Crippen LogP contribution in [0.5, 0.6) is 5.75 Å². The van der Waals surface area contributed by atoms with Gasteiger partial charge in [0.05, 0.1) is 13.3 Å². The van der Waals surface area contributed by atoms with Crippen LogP contribution in [0, 0.1) is 11.6 Å². The van der Waals surface area contributed by atoms with Gasteiger partial charge in [-0.1, -0.05) is 0 Å². The summed E-state index contributed by atoms with van der Waals surface area (Å²) in [6.07, 6.45) is 3.31. The molecule has 19 heavy (non-hydrogen) atoms. The largest absolute Gasteiger partial charge is 0.495 e. The predicted molar refractivity (Wildman–Crippen MR) is 67.8 cm³/mol. The maximum atomic E-state index is 13.6. The fraction of sp³-hybridized carbons (Fsp3) is 0.214. The van der Waals surface area contributed by atoms with Crippen molar-refractivity contribution < 1.29 is 13.5 Å². The fourth-order valence-electron chi connectivity index (χ4n) is 1.91. The van der Waals surface area contributed by atoms with Crippen LogP contribution in [0.2, 0.25) is 0 Å². The lowest BCUT2D eigenvalue weighted by molar-refractivity contribution is 0.403. The van der Waals surface area contributed by atoms with E-state index in [1.807, 2.05) is 0 Å². The quantitative estimate of drug-likeness (QED) is 0.923. The molecule has 1 aromatic heterocycles. The molecule has 2 aromatic rings. The molecule has 2 rings (SSSR count). The molecule has 1 unspecified atom stereocenters. The molecule has 0 amide bonds. The summed E-state index contributed by atoms with van der Waals surface area (Å²) in [6, 6.07) is 4.55. The molecule has 3 nitrogen and oxygen atoms in total. The average molecular weight is 264 g/mol. The summed E-state index contributed by atoms with van der Waals surface area (Å²) < 4.78 is 31.8. The Kier molecular flexibility index (Phi) is 4.06. The molecule has 0 aliphatic carbocycles. The molecule has 0 saturated heterocycles. The Labute approximate surface area is 110 Å². The van der Waals surface area contributed by atoms with Crippen LogP contribution in [0.3, 0.4) is 0 Å². The first kappa shape index (κ1) is 13.4. The van der Waals surface area contributed by atoms with E-state index in [4.69, 9.17) is 10.5 Å². The smallest absolute Gasteiger partial charge is 0.141 e. The van der Waals surface area contributed by atoms with E-state index >= 15 is 0 Å². The van der Waals surface area contributed by atoms with E-state index in [0.717, 1.165) is 18.2 Å².